The fraction of sp³-hybridized carbons (Fsp3) is 0.400. The first-order chi connectivity index (χ1) is 9.55. The van der Waals surface area contributed by atoms with Crippen LogP contribution in [-0.4, -0.2) is 22.0 Å². The number of nitrogens with zero attached hydrogens (tertiary/aromatic N) is 2. The number of aliphatic hydroxyl groups is 1. The summed E-state index contributed by atoms with van der Waals surface area (Å²) in [5.74, 6) is 0.639. The number of rotatable bonds is 5. The minimum absolute atomic E-state index is 0.472. The fourth-order valence-electron chi connectivity index (χ4n) is 2.21. The molecule has 0 fully saturated rings. The van der Waals surface area contributed by atoms with Gasteiger partial charge in [-0.1, -0.05) is 18.5 Å². The number of ether oxygens (including phenoxy) is 1. The van der Waals surface area contributed by atoms with Gasteiger partial charge in [-0.15, -0.1) is 0 Å². The third-order valence-electron chi connectivity index (χ3n) is 3.34. The number of methoxy groups -OCH3 is 1. The molecule has 1 aromatic carbocycles. The number of aryl methyl sites for hydroxylation is 2. The van der Waals surface area contributed by atoms with Crippen molar-refractivity contribution in [2.24, 2.45) is 7.05 Å². The van der Waals surface area contributed by atoms with Crippen LogP contribution in [0.4, 0.5) is 0 Å². The Morgan fingerprint density at radius 3 is 2.75 bits per heavy atom. The molecule has 5 heteroatoms. The molecule has 0 radical (unpaired) electrons. The van der Waals surface area contributed by atoms with Gasteiger partial charge in [0.05, 0.1) is 18.9 Å². The first kappa shape index (κ1) is 14.9. The number of hydrogen-bond acceptors (Lipinski definition) is 3. The fourth-order valence-corrected chi connectivity index (χ4v) is 2.39. The van der Waals surface area contributed by atoms with Crippen molar-refractivity contribution < 1.29 is 9.84 Å². The summed E-state index contributed by atoms with van der Waals surface area (Å²) in [5, 5.41) is 15.4. The van der Waals surface area contributed by atoms with Crippen molar-refractivity contribution in [1.29, 1.82) is 0 Å². The van der Waals surface area contributed by atoms with Crippen molar-refractivity contribution >= 4 is 11.6 Å². The van der Waals surface area contributed by atoms with Gasteiger partial charge in [0, 0.05) is 29.7 Å². The van der Waals surface area contributed by atoms with Crippen LogP contribution in [-0.2, 0) is 19.9 Å². The highest BCUT2D eigenvalue weighted by Crippen LogP contribution is 2.30. The Morgan fingerprint density at radius 2 is 2.15 bits per heavy atom. The van der Waals surface area contributed by atoms with E-state index in [2.05, 4.69) is 12.0 Å². The predicted molar refractivity (Wildman–Crippen MR) is 79.3 cm³/mol. The van der Waals surface area contributed by atoms with E-state index in [1.165, 1.54) is 0 Å². The van der Waals surface area contributed by atoms with Crippen LogP contribution < -0.4 is 4.74 Å². The Kier molecular flexibility index (Phi) is 4.68. The summed E-state index contributed by atoms with van der Waals surface area (Å²) in [5.41, 5.74) is 2.70. The van der Waals surface area contributed by atoms with Crippen LogP contribution >= 0.6 is 11.6 Å². The lowest BCUT2D eigenvalue weighted by molar-refractivity contribution is 0.171. The maximum atomic E-state index is 10.4. The van der Waals surface area contributed by atoms with Gasteiger partial charge in [0.25, 0.3) is 0 Å². The predicted octanol–water partition coefficient (Wildman–Crippen LogP) is 2.92. The molecular formula is C15H19ClN2O2. The van der Waals surface area contributed by atoms with Gasteiger partial charge in [-0.05, 0) is 30.7 Å². The van der Waals surface area contributed by atoms with Gasteiger partial charge in [-0.2, -0.15) is 5.10 Å². The van der Waals surface area contributed by atoms with E-state index in [1.807, 2.05) is 13.1 Å². The second kappa shape index (κ2) is 6.29. The van der Waals surface area contributed by atoms with E-state index in [0.29, 0.717) is 22.8 Å². The molecule has 0 spiro atoms. The Morgan fingerprint density at radius 1 is 1.40 bits per heavy atom. The molecule has 1 heterocycles. The van der Waals surface area contributed by atoms with E-state index >= 15 is 0 Å². The SMILES string of the molecule is CCc1cc(CC(O)c2cc(Cl)ccc2OC)n(C)n1. The molecule has 1 aromatic heterocycles. The van der Waals surface area contributed by atoms with E-state index < -0.39 is 6.10 Å². The molecule has 4 nitrogen and oxygen atoms in total. The summed E-state index contributed by atoms with van der Waals surface area (Å²) < 4.78 is 7.08. The molecule has 0 amide bonds. The number of aromatic nitrogens is 2. The quantitative estimate of drug-likeness (QED) is 0.922. The second-order valence-electron chi connectivity index (χ2n) is 4.71. The van der Waals surface area contributed by atoms with Crippen molar-refractivity contribution in [1.82, 2.24) is 9.78 Å². The Hall–Kier alpha value is -1.52. The van der Waals surface area contributed by atoms with Gasteiger partial charge in [0.15, 0.2) is 0 Å². The highest BCUT2D eigenvalue weighted by Gasteiger charge is 2.17. The van der Waals surface area contributed by atoms with Crippen molar-refractivity contribution in [3.63, 3.8) is 0 Å². The third kappa shape index (κ3) is 3.14. The molecule has 0 saturated heterocycles. The largest absolute Gasteiger partial charge is 0.496 e. The summed E-state index contributed by atoms with van der Waals surface area (Å²) in [6, 6.07) is 7.26. The average molecular weight is 295 g/mol. The Bertz CT molecular complexity index is 596. The van der Waals surface area contributed by atoms with Gasteiger partial charge in [0.1, 0.15) is 5.75 Å². The molecule has 1 atom stereocenters. The van der Waals surface area contributed by atoms with Crippen LogP contribution in [0.3, 0.4) is 0 Å². The summed E-state index contributed by atoms with van der Waals surface area (Å²) in [4.78, 5) is 0. The average Bonchev–Trinajstić information content (AvgIpc) is 2.79. The van der Waals surface area contributed by atoms with Crippen molar-refractivity contribution in [2.75, 3.05) is 7.11 Å². The molecular weight excluding hydrogens is 276 g/mol. The van der Waals surface area contributed by atoms with Gasteiger partial charge in [0.2, 0.25) is 0 Å². The van der Waals surface area contributed by atoms with Crippen LogP contribution in [0.25, 0.3) is 0 Å². The van der Waals surface area contributed by atoms with Crippen LogP contribution in [0.15, 0.2) is 24.3 Å². The Balaban J connectivity index is 2.25. The first-order valence-electron chi connectivity index (χ1n) is 6.58. The van der Waals surface area contributed by atoms with Crippen LogP contribution in [0.5, 0.6) is 5.75 Å². The van der Waals surface area contributed by atoms with Gasteiger partial charge < -0.3 is 9.84 Å². The molecule has 1 N–H and O–H groups in total. The lowest BCUT2D eigenvalue weighted by Gasteiger charge is -2.15. The molecule has 0 aliphatic rings. The molecule has 2 rings (SSSR count). The zero-order valence-electron chi connectivity index (χ0n) is 11.9. The topological polar surface area (TPSA) is 47.3 Å². The number of hydrogen-bond donors (Lipinski definition) is 1. The lowest BCUT2D eigenvalue weighted by atomic mass is 10.0. The third-order valence-corrected chi connectivity index (χ3v) is 3.58. The van der Waals surface area contributed by atoms with E-state index in [4.69, 9.17) is 16.3 Å². The maximum Gasteiger partial charge on any atom is 0.124 e. The standard InChI is InChI=1S/C15H19ClN2O2/c1-4-11-8-12(18(2)17-11)9-14(19)13-7-10(16)5-6-15(13)20-3/h5-8,14,19H,4,9H2,1-3H3. The normalized spacial score (nSPS) is 12.4. The summed E-state index contributed by atoms with van der Waals surface area (Å²) in [7, 11) is 3.47. The van der Waals surface area contributed by atoms with Gasteiger partial charge >= 0.3 is 0 Å². The zero-order chi connectivity index (χ0) is 14.7. The molecule has 1 unspecified atom stereocenters. The molecule has 0 saturated carbocycles. The van der Waals surface area contributed by atoms with Crippen molar-refractivity contribution in [3.8, 4) is 5.75 Å². The molecule has 2 aromatic rings. The summed E-state index contributed by atoms with van der Waals surface area (Å²) >= 11 is 5.99. The van der Waals surface area contributed by atoms with Gasteiger partial charge in [-0.3, -0.25) is 4.68 Å². The maximum absolute atomic E-state index is 10.4. The van der Waals surface area contributed by atoms with Crippen LogP contribution in [0, 0.1) is 0 Å². The van der Waals surface area contributed by atoms with Crippen LogP contribution in [0.1, 0.15) is 30.0 Å². The smallest absolute Gasteiger partial charge is 0.124 e. The highest BCUT2D eigenvalue weighted by molar-refractivity contribution is 6.30. The van der Waals surface area contributed by atoms with Gasteiger partial charge in [-0.25, -0.2) is 0 Å². The number of benzene rings is 1. The lowest BCUT2D eigenvalue weighted by Crippen LogP contribution is -2.07. The van der Waals surface area contributed by atoms with E-state index in [0.717, 1.165) is 17.8 Å². The molecule has 0 aliphatic carbocycles. The summed E-state index contributed by atoms with van der Waals surface area (Å²) in [6.45, 7) is 2.06. The molecule has 0 bridgehead atoms. The monoisotopic (exact) mass is 294 g/mol. The van der Waals surface area contributed by atoms with E-state index in [-0.39, 0.29) is 0 Å². The Labute approximate surface area is 123 Å². The van der Waals surface area contributed by atoms with E-state index in [1.54, 1.807) is 30.0 Å². The number of aliphatic hydroxyl groups excluding tert-OH is 1. The van der Waals surface area contributed by atoms with Crippen molar-refractivity contribution in [3.05, 3.63) is 46.2 Å². The minimum Gasteiger partial charge on any atom is -0.496 e. The molecule has 0 aliphatic heterocycles. The minimum atomic E-state index is -0.677. The highest BCUT2D eigenvalue weighted by atomic mass is 35.5. The molecule has 108 valence electrons. The zero-order valence-corrected chi connectivity index (χ0v) is 12.7. The van der Waals surface area contributed by atoms with Crippen molar-refractivity contribution in [2.45, 2.75) is 25.9 Å². The summed E-state index contributed by atoms with van der Waals surface area (Å²) in [6.07, 6.45) is 0.675. The van der Waals surface area contributed by atoms with E-state index in [9.17, 15) is 5.11 Å². The van der Waals surface area contributed by atoms with Crippen LogP contribution in [0.2, 0.25) is 5.02 Å². The molecule has 20 heavy (non-hydrogen) atoms. The number of halogens is 1. The second-order valence-corrected chi connectivity index (χ2v) is 5.15. The first-order valence-corrected chi connectivity index (χ1v) is 6.96.